The number of benzene rings is 9. The van der Waals surface area contributed by atoms with Gasteiger partial charge in [0.15, 0.2) is 0 Å². The molecule has 0 saturated heterocycles. The maximum Gasteiger partial charge on any atom is 3.00 e. The third-order valence-electron chi connectivity index (χ3n) is 22.4. The van der Waals surface area contributed by atoms with E-state index in [1.165, 1.54) is 122 Å². The minimum atomic E-state index is -0.139. The SMILES string of the molecule is CC(C)(C)c1cccc(-c2cc(-c3cc(C(C)(C)C)ccn3)[c-]cc2-c2ccccc2C2CC(c3ccccc3-c3c[c-]c(-c4cc(C(C)(C)C)ccn4)cc3-c3cccc(C(C)(C)C)c3)CC(c3ccc(C(C)(C)C)cc3-c3c[c-]c(-c4cc(C(C)(C)C)ccn4)cc3-c3cccc(C(C)(C)C)c3)C2)c1.[Ir+3]. The van der Waals surface area contributed by atoms with Crippen LogP contribution in [0, 0.1) is 18.2 Å². The minimum absolute atomic E-state index is 0. The van der Waals surface area contributed by atoms with E-state index in [1.54, 1.807) is 0 Å². The third-order valence-corrected chi connectivity index (χ3v) is 22.4. The second-order valence-electron chi connectivity index (χ2n) is 37.6. The van der Waals surface area contributed by atoms with Crippen molar-refractivity contribution in [3.05, 3.63) is 305 Å². The normalized spacial score (nSPS) is 15.4. The number of rotatable bonds is 12. The van der Waals surface area contributed by atoms with Crippen LogP contribution < -0.4 is 0 Å². The zero-order chi connectivity index (χ0) is 75.6. The fraction of sp³-hybridized carbons (Fsp3) is 0.330. The molecule has 0 N–H and O–H groups in total. The van der Waals surface area contributed by atoms with E-state index in [0.717, 1.165) is 53.0 Å². The van der Waals surface area contributed by atoms with Crippen molar-refractivity contribution in [1.82, 2.24) is 15.0 Å². The van der Waals surface area contributed by atoms with Crippen LogP contribution in [0.1, 0.15) is 238 Å². The van der Waals surface area contributed by atoms with E-state index < -0.39 is 0 Å². The molecule has 13 rings (SSSR count). The van der Waals surface area contributed by atoms with Crippen LogP contribution in [0.15, 0.2) is 231 Å². The van der Waals surface area contributed by atoms with Crippen LogP contribution >= 0.6 is 0 Å². The number of aromatic nitrogens is 3. The van der Waals surface area contributed by atoms with Crippen LogP contribution in [-0.2, 0) is 58.0 Å². The molecule has 0 radical (unpaired) electrons. The molecular formula is C103H110IrN3. The van der Waals surface area contributed by atoms with Crippen molar-refractivity contribution in [1.29, 1.82) is 0 Å². The van der Waals surface area contributed by atoms with Gasteiger partial charge in [-0.1, -0.05) is 353 Å². The van der Waals surface area contributed by atoms with E-state index >= 15 is 0 Å². The third kappa shape index (κ3) is 17.0. The Balaban J connectivity index is 0.0000107. The van der Waals surface area contributed by atoms with Gasteiger partial charge in [0, 0.05) is 18.6 Å². The van der Waals surface area contributed by atoms with Gasteiger partial charge in [-0.3, -0.25) is 0 Å². The largest absolute Gasteiger partial charge is 3.00 e. The zero-order valence-corrected chi connectivity index (χ0v) is 69.9. The molecule has 546 valence electrons. The van der Waals surface area contributed by atoms with Gasteiger partial charge < -0.3 is 15.0 Å². The molecule has 9 aromatic carbocycles. The van der Waals surface area contributed by atoms with Gasteiger partial charge >= 0.3 is 20.1 Å². The Morgan fingerprint density at radius 3 is 0.822 bits per heavy atom. The topological polar surface area (TPSA) is 38.7 Å². The van der Waals surface area contributed by atoms with Gasteiger partial charge in [-0.15, -0.1) is 71.3 Å². The van der Waals surface area contributed by atoms with E-state index in [1.807, 2.05) is 18.6 Å². The van der Waals surface area contributed by atoms with E-state index in [4.69, 9.17) is 15.0 Å². The molecule has 0 amide bonds. The van der Waals surface area contributed by atoms with Gasteiger partial charge in [-0.05, 0) is 183 Å². The van der Waals surface area contributed by atoms with Gasteiger partial charge in [0.05, 0.1) is 0 Å². The van der Waals surface area contributed by atoms with Crippen LogP contribution in [0.4, 0.5) is 0 Å². The Labute approximate surface area is 656 Å². The van der Waals surface area contributed by atoms with Crippen LogP contribution in [0.25, 0.3) is 101 Å². The number of pyridine rings is 3. The predicted octanol–water partition coefficient (Wildman–Crippen LogP) is 28.2. The Kier molecular flexibility index (Phi) is 21.7. The van der Waals surface area contributed by atoms with Crippen molar-refractivity contribution in [2.75, 3.05) is 0 Å². The molecule has 4 heteroatoms. The van der Waals surface area contributed by atoms with E-state index in [0.29, 0.717) is 0 Å². The van der Waals surface area contributed by atoms with Crippen molar-refractivity contribution in [2.45, 2.75) is 220 Å². The van der Waals surface area contributed by atoms with Crippen molar-refractivity contribution in [3.8, 4) is 101 Å². The summed E-state index contributed by atoms with van der Waals surface area (Å²) in [5.74, 6) is 0.360. The minimum Gasteiger partial charge on any atom is -0.305 e. The summed E-state index contributed by atoms with van der Waals surface area (Å²) in [4.78, 5) is 15.2. The molecule has 0 aliphatic heterocycles. The second kappa shape index (κ2) is 29.9. The maximum atomic E-state index is 5.08. The summed E-state index contributed by atoms with van der Waals surface area (Å²) in [6.07, 6.45) is 8.72. The molecule has 1 fully saturated rings. The molecule has 12 aromatic rings. The first kappa shape index (κ1) is 77.7. The van der Waals surface area contributed by atoms with Crippen molar-refractivity contribution in [3.63, 3.8) is 0 Å². The quantitative estimate of drug-likeness (QED) is 0.114. The predicted molar refractivity (Wildman–Crippen MR) is 451 cm³/mol. The molecule has 0 spiro atoms. The maximum absolute atomic E-state index is 5.08. The Bertz CT molecular complexity index is 5010. The molecule has 0 bridgehead atoms. The molecule has 2 unspecified atom stereocenters. The number of hydrogen-bond acceptors (Lipinski definition) is 3. The van der Waals surface area contributed by atoms with Crippen molar-refractivity contribution < 1.29 is 20.1 Å². The standard InChI is InChI=1S/C103H110N3.Ir/c1-97(2,3)75-32-26-29-66(56-75)90-59-69(94-63-79(47-50-104-94)101(13,14)15)39-43-87(90)85-37-24-22-35-82(85)72-53-73(83-36-23-25-38-86(83)88-44-40-70(95-64-80(48-51-105-95)102(16,17)18)60-91(88)67-30-27-33-76(57-67)98(4,5)6)55-74(54-72)84-46-42-78(100(10,11)12)62-93(84)89-45-41-71(96-65-81(49-52-106-96)103(19,20)21)61-92(89)68-31-28-34-77(58-68)99(7,8)9;/h22-38,42-52,56-65,72-74H,53-55H2,1-21H3;/q-3;+3. The second-order valence-corrected chi connectivity index (χ2v) is 37.6. The first-order valence-corrected chi connectivity index (χ1v) is 38.7. The van der Waals surface area contributed by atoms with Crippen LogP contribution in [0.5, 0.6) is 0 Å². The molecular weight excluding hydrogens is 1470 g/mol. The van der Waals surface area contributed by atoms with E-state index in [-0.39, 0.29) is 75.8 Å². The van der Waals surface area contributed by atoms with E-state index in [9.17, 15) is 0 Å². The Morgan fingerprint density at radius 2 is 0.514 bits per heavy atom. The summed E-state index contributed by atoms with van der Waals surface area (Å²) < 4.78 is 0. The molecule has 2 atom stereocenters. The summed E-state index contributed by atoms with van der Waals surface area (Å²) in [5, 5.41) is 0. The zero-order valence-electron chi connectivity index (χ0n) is 67.5. The number of nitrogens with zero attached hydrogens (tertiary/aromatic N) is 3. The fourth-order valence-electron chi connectivity index (χ4n) is 15.8. The van der Waals surface area contributed by atoms with Gasteiger partial charge in [0.1, 0.15) is 0 Å². The molecule has 1 aliphatic rings. The smallest absolute Gasteiger partial charge is 0.305 e. The number of hydrogen-bond donors (Lipinski definition) is 0. The van der Waals surface area contributed by atoms with Gasteiger partial charge in [0.25, 0.3) is 0 Å². The fourth-order valence-corrected chi connectivity index (χ4v) is 15.8. The first-order chi connectivity index (χ1) is 49.9. The molecule has 3 nitrogen and oxygen atoms in total. The molecule has 3 heterocycles. The first-order valence-electron chi connectivity index (χ1n) is 38.7. The summed E-state index contributed by atoms with van der Waals surface area (Å²) in [7, 11) is 0. The summed E-state index contributed by atoms with van der Waals surface area (Å²) in [6, 6.07) is 93.1. The monoisotopic (exact) mass is 1580 g/mol. The van der Waals surface area contributed by atoms with Crippen LogP contribution in [0.3, 0.4) is 0 Å². The molecule has 1 aliphatic carbocycles. The average Bonchev–Trinajstić information content (AvgIpc) is 0.763. The Morgan fingerprint density at radius 1 is 0.243 bits per heavy atom. The van der Waals surface area contributed by atoms with Crippen molar-refractivity contribution in [2.24, 2.45) is 0 Å². The molecule has 3 aromatic heterocycles. The summed E-state index contributed by atoms with van der Waals surface area (Å²) in [6.45, 7) is 48.4. The summed E-state index contributed by atoms with van der Waals surface area (Å²) >= 11 is 0. The van der Waals surface area contributed by atoms with Crippen LogP contribution in [-0.4, -0.2) is 15.0 Å². The van der Waals surface area contributed by atoms with E-state index in [2.05, 4.69) is 376 Å². The van der Waals surface area contributed by atoms with Crippen molar-refractivity contribution >= 4 is 0 Å². The van der Waals surface area contributed by atoms with Gasteiger partial charge in [-0.2, -0.15) is 0 Å². The van der Waals surface area contributed by atoms with Gasteiger partial charge in [-0.25, -0.2) is 0 Å². The Hall–Kier alpha value is -8.92. The summed E-state index contributed by atoms with van der Waals surface area (Å²) in [5.41, 5.74) is 32.6. The van der Waals surface area contributed by atoms with Gasteiger partial charge in [0.2, 0.25) is 0 Å². The molecule has 1 saturated carbocycles. The average molecular weight is 1580 g/mol. The molecule has 107 heavy (non-hydrogen) atoms. The van der Waals surface area contributed by atoms with Crippen LogP contribution in [0.2, 0.25) is 0 Å².